The highest BCUT2D eigenvalue weighted by Gasteiger charge is 2.12. The van der Waals surface area contributed by atoms with Crippen LogP contribution in [0.3, 0.4) is 0 Å². The Hall–Kier alpha value is -2.31. The standard InChI is InChI=1S/C7H4N6O/c14-13-5-2-1-3-8-6(5)12-4-9-10-7(12)11-13/h1-4H. The van der Waals surface area contributed by atoms with Crippen molar-refractivity contribution in [3.05, 3.63) is 29.9 Å². The Balaban J connectivity index is 2.67. The summed E-state index contributed by atoms with van der Waals surface area (Å²) in [6, 6.07) is 3.32. The molecule has 0 saturated heterocycles. The van der Waals surface area contributed by atoms with E-state index in [1.54, 1.807) is 22.7 Å². The van der Waals surface area contributed by atoms with Crippen LogP contribution < -0.4 is 4.85 Å². The van der Waals surface area contributed by atoms with Crippen molar-refractivity contribution < 1.29 is 4.85 Å². The summed E-state index contributed by atoms with van der Waals surface area (Å²) in [5.41, 5.74) is 0.886. The van der Waals surface area contributed by atoms with E-state index in [-0.39, 0.29) is 5.78 Å². The molecule has 0 aromatic carbocycles. The predicted octanol–water partition coefficient (Wildman–Crippen LogP) is -0.694. The topological polar surface area (TPSA) is 82.9 Å². The summed E-state index contributed by atoms with van der Waals surface area (Å²) in [4.78, 5) is 4.56. The molecule has 0 bridgehead atoms. The second-order valence-corrected chi connectivity index (χ2v) is 2.72. The average molecular weight is 188 g/mol. The Kier molecular flexibility index (Phi) is 1.19. The smallest absolute Gasteiger partial charge is 0.322 e. The van der Waals surface area contributed by atoms with E-state index in [4.69, 9.17) is 0 Å². The molecule has 0 saturated carbocycles. The van der Waals surface area contributed by atoms with Gasteiger partial charge in [-0.15, -0.1) is 10.2 Å². The lowest BCUT2D eigenvalue weighted by Gasteiger charge is -1.98. The third-order valence-electron chi connectivity index (χ3n) is 1.91. The van der Waals surface area contributed by atoms with E-state index in [2.05, 4.69) is 20.3 Å². The first-order valence-corrected chi connectivity index (χ1v) is 3.90. The highest BCUT2D eigenvalue weighted by molar-refractivity contribution is 5.67. The third-order valence-corrected chi connectivity index (χ3v) is 1.91. The molecule has 0 fully saturated rings. The molecule has 0 radical (unpaired) electrons. The molecule has 3 aromatic heterocycles. The molecule has 0 spiro atoms. The Morgan fingerprint density at radius 3 is 3.29 bits per heavy atom. The van der Waals surface area contributed by atoms with Gasteiger partial charge in [0.15, 0.2) is 0 Å². The maximum absolute atomic E-state index is 11.4. The molecule has 3 aromatic rings. The monoisotopic (exact) mass is 188 g/mol. The van der Waals surface area contributed by atoms with Crippen LogP contribution in [0.5, 0.6) is 0 Å². The lowest BCUT2D eigenvalue weighted by Crippen LogP contribution is -2.33. The van der Waals surface area contributed by atoms with Crippen molar-refractivity contribution in [1.82, 2.24) is 24.7 Å². The number of hydrogen-bond donors (Lipinski definition) is 0. The molecule has 0 amide bonds. The van der Waals surface area contributed by atoms with Gasteiger partial charge in [0.2, 0.25) is 5.65 Å². The summed E-state index contributed by atoms with van der Waals surface area (Å²) in [7, 11) is 0. The lowest BCUT2D eigenvalue weighted by atomic mass is 10.4. The molecule has 3 heterocycles. The van der Waals surface area contributed by atoms with Gasteiger partial charge in [0, 0.05) is 12.3 Å². The number of pyridine rings is 1. The second kappa shape index (κ2) is 2.34. The van der Waals surface area contributed by atoms with Gasteiger partial charge in [0.1, 0.15) is 6.33 Å². The Bertz CT molecular complexity index is 618. The number of hydrogen-bond acceptors (Lipinski definition) is 5. The zero-order chi connectivity index (χ0) is 9.54. The summed E-state index contributed by atoms with van der Waals surface area (Å²) in [5, 5.41) is 22.4. The number of fused-ring (bicyclic) bond motifs is 3. The fourth-order valence-electron chi connectivity index (χ4n) is 1.31. The molecule has 3 rings (SSSR count). The fourth-order valence-corrected chi connectivity index (χ4v) is 1.31. The molecule has 0 aliphatic rings. The Labute approximate surface area is 77.2 Å². The first kappa shape index (κ1) is 7.13. The maximum atomic E-state index is 11.4. The highest BCUT2D eigenvalue weighted by Crippen LogP contribution is 2.05. The Morgan fingerprint density at radius 2 is 2.36 bits per heavy atom. The molecule has 0 aliphatic carbocycles. The van der Waals surface area contributed by atoms with Crippen molar-refractivity contribution in [1.29, 1.82) is 0 Å². The van der Waals surface area contributed by atoms with Crippen LogP contribution in [0.1, 0.15) is 0 Å². The quantitative estimate of drug-likeness (QED) is 0.344. The van der Waals surface area contributed by atoms with Crippen LogP contribution >= 0.6 is 0 Å². The van der Waals surface area contributed by atoms with Gasteiger partial charge in [-0.1, -0.05) is 0 Å². The van der Waals surface area contributed by atoms with Gasteiger partial charge in [0.25, 0.3) is 5.52 Å². The van der Waals surface area contributed by atoms with Gasteiger partial charge < -0.3 is 5.21 Å². The zero-order valence-corrected chi connectivity index (χ0v) is 6.90. The first-order valence-electron chi connectivity index (χ1n) is 3.90. The van der Waals surface area contributed by atoms with Crippen LogP contribution in [0.25, 0.3) is 16.9 Å². The zero-order valence-electron chi connectivity index (χ0n) is 6.90. The highest BCUT2D eigenvalue weighted by atomic mass is 16.5. The molecule has 7 heteroatoms. The SMILES string of the molecule is [O-][n+]1nc2nncn2c2ncccc21. The summed E-state index contributed by atoms with van der Waals surface area (Å²) in [6.45, 7) is 0. The summed E-state index contributed by atoms with van der Waals surface area (Å²) in [5.74, 6) is 0.242. The lowest BCUT2D eigenvalue weighted by molar-refractivity contribution is -0.640. The first-order chi connectivity index (χ1) is 6.86. The van der Waals surface area contributed by atoms with Crippen LogP contribution in [0.15, 0.2) is 24.7 Å². The fraction of sp³-hybridized carbons (Fsp3) is 0. The van der Waals surface area contributed by atoms with Crippen molar-refractivity contribution in [3.8, 4) is 0 Å². The van der Waals surface area contributed by atoms with Gasteiger partial charge in [-0.25, -0.2) is 9.38 Å². The van der Waals surface area contributed by atoms with E-state index in [9.17, 15) is 5.21 Å². The minimum absolute atomic E-state index is 0.242. The predicted molar refractivity (Wildman–Crippen MR) is 45.0 cm³/mol. The van der Waals surface area contributed by atoms with E-state index in [0.29, 0.717) is 16.0 Å². The molecule has 14 heavy (non-hydrogen) atoms. The van der Waals surface area contributed by atoms with Gasteiger partial charge in [-0.05, 0) is 10.9 Å². The summed E-state index contributed by atoms with van der Waals surface area (Å²) in [6.07, 6.45) is 3.07. The maximum Gasteiger partial charge on any atom is 0.322 e. The van der Waals surface area contributed by atoms with Crippen molar-refractivity contribution in [2.24, 2.45) is 0 Å². The van der Waals surface area contributed by atoms with Gasteiger partial charge in [-0.3, -0.25) is 0 Å². The van der Waals surface area contributed by atoms with E-state index in [1.807, 2.05) is 0 Å². The molecule has 68 valence electrons. The van der Waals surface area contributed by atoms with Crippen molar-refractivity contribution in [2.75, 3.05) is 0 Å². The van der Waals surface area contributed by atoms with E-state index < -0.39 is 0 Å². The van der Waals surface area contributed by atoms with Crippen LogP contribution in [-0.4, -0.2) is 24.7 Å². The van der Waals surface area contributed by atoms with Gasteiger partial charge in [-0.2, -0.15) is 0 Å². The largest absolute Gasteiger partial charge is 0.594 e. The second-order valence-electron chi connectivity index (χ2n) is 2.72. The summed E-state index contributed by atoms with van der Waals surface area (Å²) >= 11 is 0. The average Bonchev–Trinajstić information content (AvgIpc) is 2.66. The number of aromatic nitrogens is 6. The normalized spacial score (nSPS) is 11.1. The molecule has 0 unspecified atom stereocenters. The van der Waals surface area contributed by atoms with Crippen LogP contribution in [0.4, 0.5) is 0 Å². The van der Waals surface area contributed by atoms with Crippen molar-refractivity contribution >= 4 is 16.9 Å². The molecule has 0 aliphatic heterocycles. The van der Waals surface area contributed by atoms with Crippen molar-refractivity contribution in [2.45, 2.75) is 0 Å². The third kappa shape index (κ3) is 0.777. The van der Waals surface area contributed by atoms with Gasteiger partial charge in [0.05, 0.1) is 5.10 Å². The van der Waals surface area contributed by atoms with E-state index >= 15 is 0 Å². The van der Waals surface area contributed by atoms with Gasteiger partial charge >= 0.3 is 5.78 Å². The molecule has 7 nitrogen and oxygen atoms in total. The molecule has 0 N–H and O–H groups in total. The molecular formula is C7H4N6O. The van der Waals surface area contributed by atoms with E-state index in [1.165, 1.54) is 6.33 Å². The Morgan fingerprint density at radius 1 is 1.43 bits per heavy atom. The number of rotatable bonds is 0. The van der Waals surface area contributed by atoms with E-state index in [0.717, 1.165) is 0 Å². The minimum Gasteiger partial charge on any atom is -0.594 e. The molecular weight excluding hydrogens is 184 g/mol. The summed E-state index contributed by atoms with van der Waals surface area (Å²) < 4.78 is 1.56. The number of nitrogens with zero attached hydrogens (tertiary/aromatic N) is 6. The van der Waals surface area contributed by atoms with Crippen LogP contribution in [0, 0.1) is 5.21 Å². The van der Waals surface area contributed by atoms with Crippen LogP contribution in [0.2, 0.25) is 0 Å². The molecule has 0 atom stereocenters. The van der Waals surface area contributed by atoms with Crippen molar-refractivity contribution in [3.63, 3.8) is 0 Å². The minimum atomic E-state index is 0.242. The van der Waals surface area contributed by atoms with Crippen LogP contribution in [-0.2, 0) is 0 Å².